The number of amides is 1. The number of rotatable bonds is 7. The Labute approximate surface area is 183 Å². The quantitative estimate of drug-likeness (QED) is 0.328. The molecule has 0 unspecified atom stereocenters. The summed E-state index contributed by atoms with van der Waals surface area (Å²) in [6.45, 7) is 6.38. The molecule has 2 N–H and O–H groups in total. The predicted octanol–water partition coefficient (Wildman–Crippen LogP) is 4.53. The summed E-state index contributed by atoms with van der Waals surface area (Å²) in [7, 11) is 0. The Kier molecular flexibility index (Phi) is 5.99. The van der Waals surface area contributed by atoms with Gasteiger partial charge in [0.2, 0.25) is 5.91 Å². The molecule has 1 amide bonds. The standard InChI is InChI=1S/C23H24N4O3S/c1-14(2)16-6-8-17(9-7-16)25-20(28)13-31-23-26-19-11-15(3)24-21(19)22(29)27(23)12-18-5-4-10-30-18/h4-11,14,24H,12-13H2,1-3H3,(H,25,28). The average Bonchev–Trinajstić information content (AvgIpc) is 3.38. The first-order valence-electron chi connectivity index (χ1n) is 10.1. The molecule has 0 aliphatic carbocycles. The minimum atomic E-state index is -0.193. The van der Waals surface area contributed by atoms with Gasteiger partial charge in [-0.2, -0.15) is 0 Å². The van der Waals surface area contributed by atoms with Crippen molar-refractivity contribution >= 4 is 34.4 Å². The molecule has 0 aliphatic heterocycles. The number of H-pyrrole nitrogens is 1. The van der Waals surface area contributed by atoms with Crippen LogP contribution in [-0.4, -0.2) is 26.2 Å². The molecule has 8 heteroatoms. The molecule has 3 aromatic heterocycles. The number of aromatic amines is 1. The topological polar surface area (TPSA) is 92.9 Å². The van der Waals surface area contributed by atoms with Crippen LogP contribution in [0.3, 0.4) is 0 Å². The van der Waals surface area contributed by atoms with E-state index in [1.54, 1.807) is 18.4 Å². The molecule has 1 aromatic carbocycles. The summed E-state index contributed by atoms with van der Waals surface area (Å²) < 4.78 is 6.94. The molecule has 0 bridgehead atoms. The molecule has 160 valence electrons. The summed E-state index contributed by atoms with van der Waals surface area (Å²) in [5.41, 5.74) is 3.66. The number of nitrogens with one attached hydrogen (secondary N) is 2. The van der Waals surface area contributed by atoms with Crippen molar-refractivity contribution in [1.82, 2.24) is 14.5 Å². The lowest BCUT2D eigenvalue weighted by atomic mass is 10.0. The second-order valence-corrected chi connectivity index (χ2v) is 8.63. The second kappa shape index (κ2) is 8.85. The van der Waals surface area contributed by atoms with Crippen molar-refractivity contribution in [2.45, 2.75) is 38.4 Å². The normalized spacial score (nSPS) is 11.4. The Bertz CT molecular complexity index is 1250. The fraction of sp³-hybridized carbons (Fsp3) is 0.261. The second-order valence-electron chi connectivity index (χ2n) is 7.69. The number of hydrogen-bond acceptors (Lipinski definition) is 5. The van der Waals surface area contributed by atoms with E-state index in [-0.39, 0.29) is 23.8 Å². The minimum absolute atomic E-state index is 0.130. The number of carbonyl (C=O) groups excluding carboxylic acids is 1. The van der Waals surface area contributed by atoms with E-state index in [1.165, 1.54) is 21.9 Å². The predicted molar refractivity (Wildman–Crippen MR) is 123 cm³/mol. The molecule has 0 spiro atoms. The molecule has 4 rings (SSSR count). The molecular weight excluding hydrogens is 412 g/mol. The van der Waals surface area contributed by atoms with Crippen molar-refractivity contribution in [3.05, 3.63) is 76.1 Å². The van der Waals surface area contributed by atoms with Gasteiger partial charge in [-0.05, 0) is 48.7 Å². The Morgan fingerprint density at radius 2 is 2.03 bits per heavy atom. The lowest BCUT2D eigenvalue weighted by Gasteiger charge is -2.11. The first-order chi connectivity index (χ1) is 14.9. The summed E-state index contributed by atoms with van der Waals surface area (Å²) in [5.74, 6) is 1.05. The smallest absolute Gasteiger partial charge is 0.278 e. The van der Waals surface area contributed by atoms with E-state index >= 15 is 0 Å². The SMILES string of the molecule is Cc1cc2nc(SCC(=O)Nc3ccc(C(C)C)cc3)n(Cc3ccco3)c(=O)c2[nH]1. The van der Waals surface area contributed by atoms with Gasteiger partial charge in [0, 0.05) is 11.4 Å². The van der Waals surface area contributed by atoms with Crippen LogP contribution in [0.4, 0.5) is 5.69 Å². The highest BCUT2D eigenvalue weighted by atomic mass is 32.2. The van der Waals surface area contributed by atoms with Crippen molar-refractivity contribution < 1.29 is 9.21 Å². The van der Waals surface area contributed by atoms with Gasteiger partial charge in [-0.25, -0.2) is 4.98 Å². The van der Waals surface area contributed by atoms with Crippen molar-refractivity contribution in [2.75, 3.05) is 11.1 Å². The first-order valence-corrected chi connectivity index (χ1v) is 11.0. The molecule has 0 aliphatic rings. The largest absolute Gasteiger partial charge is 0.467 e. The molecule has 0 atom stereocenters. The van der Waals surface area contributed by atoms with Crippen LogP contribution in [0.15, 0.2) is 63.1 Å². The molecule has 0 saturated heterocycles. The zero-order chi connectivity index (χ0) is 22.0. The minimum Gasteiger partial charge on any atom is -0.467 e. The van der Waals surface area contributed by atoms with Crippen LogP contribution >= 0.6 is 11.8 Å². The number of anilines is 1. The van der Waals surface area contributed by atoms with Crippen molar-refractivity contribution in [3.63, 3.8) is 0 Å². The maximum atomic E-state index is 13.0. The highest BCUT2D eigenvalue weighted by Crippen LogP contribution is 2.21. The van der Waals surface area contributed by atoms with Gasteiger partial charge < -0.3 is 14.7 Å². The van der Waals surface area contributed by atoms with Gasteiger partial charge in [0.15, 0.2) is 5.16 Å². The molecule has 7 nitrogen and oxygen atoms in total. The Balaban J connectivity index is 1.54. The zero-order valence-corrected chi connectivity index (χ0v) is 18.5. The number of aryl methyl sites for hydroxylation is 1. The van der Waals surface area contributed by atoms with Crippen LogP contribution < -0.4 is 10.9 Å². The van der Waals surface area contributed by atoms with E-state index in [0.29, 0.717) is 27.9 Å². The Morgan fingerprint density at radius 3 is 2.71 bits per heavy atom. The van der Waals surface area contributed by atoms with E-state index in [1.807, 2.05) is 37.3 Å². The summed E-state index contributed by atoms with van der Waals surface area (Å²) in [6.07, 6.45) is 1.57. The third-order valence-corrected chi connectivity index (χ3v) is 5.90. The van der Waals surface area contributed by atoms with Crippen LogP contribution in [-0.2, 0) is 11.3 Å². The fourth-order valence-corrected chi connectivity index (χ4v) is 4.10. The summed E-state index contributed by atoms with van der Waals surface area (Å²) in [4.78, 5) is 33.3. The number of thioether (sulfide) groups is 1. The number of fused-ring (bicyclic) bond motifs is 1. The number of furan rings is 1. The van der Waals surface area contributed by atoms with E-state index in [4.69, 9.17) is 4.42 Å². The van der Waals surface area contributed by atoms with Crippen LogP contribution in [0.2, 0.25) is 0 Å². The number of nitrogens with zero attached hydrogens (tertiary/aromatic N) is 2. The van der Waals surface area contributed by atoms with Crippen LogP contribution in [0.25, 0.3) is 11.0 Å². The van der Waals surface area contributed by atoms with Gasteiger partial charge in [-0.15, -0.1) is 0 Å². The monoisotopic (exact) mass is 436 g/mol. The van der Waals surface area contributed by atoms with Crippen LogP contribution in [0, 0.1) is 6.92 Å². The number of benzene rings is 1. The highest BCUT2D eigenvalue weighted by molar-refractivity contribution is 7.99. The van der Waals surface area contributed by atoms with Gasteiger partial charge in [0.1, 0.15) is 11.3 Å². The lowest BCUT2D eigenvalue weighted by Crippen LogP contribution is -2.24. The molecule has 0 fully saturated rings. The molecule has 31 heavy (non-hydrogen) atoms. The van der Waals surface area contributed by atoms with Crippen LogP contribution in [0.1, 0.15) is 36.8 Å². The first kappa shape index (κ1) is 21.0. The summed E-state index contributed by atoms with van der Waals surface area (Å²) in [5, 5.41) is 3.37. The molecule has 0 saturated carbocycles. The Hall–Kier alpha value is -3.26. The number of aromatic nitrogens is 3. The van der Waals surface area contributed by atoms with Gasteiger partial charge in [0.25, 0.3) is 5.56 Å². The number of carbonyl (C=O) groups is 1. The van der Waals surface area contributed by atoms with E-state index in [2.05, 4.69) is 29.1 Å². The average molecular weight is 437 g/mol. The van der Waals surface area contributed by atoms with Crippen molar-refractivity contribution in [2.24, 2.45) is 0 Å². The van der Waals surface area contributed by atoms with Gasteiger partial charge in [-0.3, -0.25) is 14.2 Å². The highest BCUT2D eigenvalue weighted by Gasteiger charge is 2.16. The molecular formula is C23H24N4O3S. The maximum Gasteiger partial charge on any atom is 0.278 e. The molecule has 0 radical (unpaired) electrons. The van der Waals surface area contributed by atoms with Gasteiger partial charge in [-0.1, -0.05) is 37.7 Å². The van der Waals surface area contributed by atoms with E-state index < -0.39 is 0 Å². The third kappa shape index (κ3) is 4.74. The van der Waals surface area contributed by atoms with Crippen molar-refractivity contribution in [1.29, 1.82) is 0 Å². The van der Waals surface area contributed by atoms with E-state index in [9.17, 15) is 9.59 Å². The lowest BCUT2D eigenvalue weighted by molar-refractivity contribution is -0.113. The van der Waals surface area contributed by atoms with Gasteiger partial charge in [0.05, 0.1) is 24.1 Å². The van der Waals surface area contributed by atoms with E-state index in [0.717, 1.165) is 11.4 Å². The summed E-state index contributed by atoms with van der Waals surface area (Å²) >= 11 is 1.23. The Morgan fingerprint density at radius 1 is 1.26 bits per heavy atom. The maximum absolute atomic E-state index is 13.0. The molecule has 3 heterocycles. The third-order valence-electron chi connectivity index (χ3n) is 4.93. The van der Waals surface area contributed by atoms with Gasteiger partial charge >= 0.3 is 0 Å². The zero-order valence-electron chi connectivity index (χ0n) is 17.6. The summed E-state index contributed by atoms with van der Waals surface area (Å²) in [6, 6.07) is 13.2. The fourth-order valence-electron chi connectivity index (χ4n) is 3.30. The van der Waals surface area contributed by atoms with Crippen molar-refractivity contribution in [3.8, 4) is 0 Å². The molecule has 4 aromatic rings. The van der Waals surface area contributed by atoms with Crippen LogP contribution in [0.5, 0.6) is 0 Å². The number of hydrogen-bond donors (Lipinski definition) is 2.